The number of guanidine groups is 1. The number of nitrogens with one attached hydrogen (secondary N) is 2. The molecule has 1 aromatic heterocycles. The van der Waals surface area contributed by atoms with Gasteiger partial charge in [0.05, 0.1) is 24.4 Å². The topological polar surface area (TPSA) is 108 Å². The molecule has 0 unspecified atom stereocenters. The number of hydrogen-bond acceptors (Lipinski definition) is 7. The van der Waals surface area contributed by atoms with E-state index in [1.54, 1.807) is 10.6 Å². The lowest BCUT2D eigenvalue weighted by molar-refractivity contribution is -0.129. The van der Waals surface area contributed by atoms with Crippen LogP contribution in [-0.2, 0) is 16.6 Å². The lowest BCUT2D eigenvalue weighted by Gasteiger charge is -2.34. The molecule has 3 aliphatic rings. The van der Waals surface area contributed by atoms with E-state index in [1.807, 2.05) is 18.6 Å². The Morgan fingerprint density at radius 2 is 1.95 bits per heavy atom. The van der Waals surface area contributed by atoms with Gasteiger partial charge in [-0.2, -0.15) is 18.2 Å². The Bertz CT molecular complexity index is 1560. The molecule has 0 saturated heterocycles. The SMILES string of the molecule is CC(C)n1c2c(cc(=C3C=C(F)C(NS(=O)(=O)CCC(F)(F)F)=CC3)c1=O)CN=C(N[C@H]1CCC[C@H](N(C)C)C1)N=2. The quantitative estimate of drug-likeness (QED) is 0.468. The average molecular weight is 601 g/mol. The summed E-state index contributed by atoms with van der Waals surface area (Å²) >= 11 is 0. The van der Waals surface area contributed by atoms with Crippen LogP contribution >= 0.6 is 0 Å². The third-order valence-corrected chi connectivity index (χ3v) is 8.74. The van der Waals surface area contributed by atoms with Gasteiger partial charge >= 0.3 is 6.18 Å². The molecule has 0 bridgehead atoms. The number of hydrogen-bond donors (Lipinski definition) is 2. The van der Waals surface area contributed by atoms with E-state index in [0.29, 0.717) is 28.6 Å². The van der Waals surface area contributed by atoms with Gasteiger partial charge in [-0.1, -0.05) is 6.08 Å². The first-order chi connectivity index (χ1) is 19.1. The molecule has 1 aromatic rings. The lowest BCUT2D eigenvalue weighted by Crippen LogP contribution is -2.49. The molecule has 226 valence electrons. The molecular formula is C27H36F4N6O3S. The second-order valence-electron chi connectivity index (χ2n) is 11.2. The Labute approximate surface area is 236 Å². The third-order valence-electron chi connectivity index (χ3n) is 7.47. The standard InChI is InChI=1S/C27H36F4N6O3S/c1-16(2)37-24-18(15-32-26(34-24)33-19-6-5-7-20(14-19)36(3)4)12-21(25(37)38)17-8-9-23(22(28)13-17)35-41(39,40)11-10-27(29,30)31/h9,12-13,16,19-20,35H,5-8,10-11,14-15H2,1-4H3,(H,32,33)/t19-,20-/m0/s1. The highest BCUT2D eigenvalue weighted by Gasteiger charge is 2.31. The minimum atomic E-state index is -4.66. The highest BCUT2D eigenvalue weighted by atomic mass is 32.2. The van der Waals surface area contributed by atoms with E-state index in [0.717, 1.165) is 31.8 Å². The van der Waals surface area contributed by atoms with E-state index in [2.05, 4.69) is 29.3 Å². The van der Waals surface area contributed by atoms with Crippen LogP contribution in [0, 0.1) is 0 Å². The number of pyridine rings is 1. The second-order valence-corrected chi connectivity index (χ2v) is 13.0. The van der Waals surface area contributed by atoms with Crippen molar-refractivity contribution < 1.29 is 26.0 Å². The molecule has 1 aliphatic heterocycles. The number of fused-ring (bicyclic) bond motifs is 1. The molecule has 0 aromatic carbocycles. The van der Waals surface area contributed by atoms with Gasteiger partial charge in [-0.15, -0.1) is 0 Å². The summed E-state index contributed by atoms with van der Waals surface area (Å²) in [6.45, 7) is 3.96. The number of nitrogens with zero attached hydrogens (tertiary/aromatic N) is 4. The van der Waals surface area contributed by atoms with Crippen LogP contribution in [0.4, 0.5) is 17.6 Å². The molecule has 1 fully saturated rings. The zero-order valence-corrected chi connectivity index (χ0v) is 24.4. The van der Waals surface area contributed by atoms with E-state index in [4.69, 9.17) is 4.99 Å². The van der Waals surface area contributed by atoms with Crippen LogP contribution < -0.4 is 26.3 Å². The van der Waals surface area contributed by atoms with E-state index < -0.39 is 39.9 Å². The summed E-state index contributed by atoms with van der Waals surface area (Å²) in [7, 11) is -0.274. The Balaban J connectivity index is 1.62. The zero-order valence-electron chi connectivity index (χ0n) is 23.6. The van der Waals surface area contributed by atoms with Crippen molar-refractivity contribution in [1.82, 2.24) is 19.5 Å². The molecule has 0 spiro atoms. The van der Waals surface area contributed by atoms with Crippen molar-refractivity contribution in [1.29, 1.82) is 0 Å². The van der Waals surface area contributed by atoms with Crippen LogP contribution in [0.25, 0.3) is 5.57 Å². The first-order valence-electron chi connectivity index (χ1n) is 13.6. The number of aromatic nitrogens is 1. The fourth-order valence-corrected chi connectivity index (χ4v) is 6.42. The van der Waals surface area contributed by atoms with E-state index in [-0.39, 0.29) is 35.8 Å². The van der Waals surface area contributed by atoms with Crippen LogP contribution in [0.2, 0.25) is 0 Å². The fraction of sp³-hybridized carbons (Fsp3) is 0.593. The van der Waals surface area contributed by atoms with Gasteiger partial charge in [-0.25, -0.2) is 17.8 Å². The first kappa shape index (κ1) is 30.9. The van der Waals surface area contributed by atoms with Crippen molar-refractivity contribution in [3.05, 3.63) is 56.4 Å². The van der Waals surface area contributed by atoms with Crippen molar-refractivity contribution in [3.63, 3.8) is 0 Å². The molecule has 41 heavy (non-hydrogen) atoms. The van der Waals surface area contributed by atoms with Gasteiger partial charge in [0.15, 0.2) is 0 Å². The van der Waals surface area contributed by atoms with Gasteiger partial charge in [0.2, 0.25) is 16.0 Å². The van der Waals surface area contributed by atoms with Crippen LogP contribution in [-0.4, -0.2) is 62.0 Å². The maximum absolute atomic E-state index is 14.9. The summed E-state index contributed by atoms with van der Waals surface area (Å²) in [5.41, 5.74) is 0.662. The van der Waals surface area contributed by atoms with E-state index >= 15 is 0 Å². The van der Waals surface area contributed by atoms with Crippen molar-refractivity contribution >= 4 is 21.6 Å². The molecule has 1 saturated carbocycles. The van der Waals surface area contributed by atoms with Gasteiger partial charge in [0, 0.05) is 28.9 Å². The molecule has 14 heteroatoms. The highest BCUT2D eigenvalue weighted by Crippen LogP contribution is 2.25. The highest BCUT2D eigenvalue weighted by molar-refractivity contribution is 7.89. The summed E-state index contributed by atoms with van der Waals surface area (Å²) in [6.07, 6.45) is 0.245. The Morgan fingerprint density at radius 3 is 2.59 bits per heavy atom. The molecule has 2 heterocycles. The summed E-state index contributed by atoms with van der Waals surface area (Å²) in [5, 5.41) is 3.67. The van der Waals surface area contributed by atoms with Crippen molar-refractivity contribution in [2.45, 2.75) is 83.2 Å². The number of halogens is 4. The Morgan fingerprint density at radius 1 is 1.22 bits per heavy atom. The van der Waals surface area contributed by atoms with Crippen molar-refractivity contribution in [3.8, 4) is 0 Å². The lowest BCUT2D eigenvalue weighted by atomic mass is 9.90. The molecule has 2 atom stereocenters. The molecular weight excluding hydrogens is 564 g/mol. The van der Waals surface area contributed by atoms with E-state index in [1.165, 1.54) is 6.08 Å². The molecule has 0 radical (unpaired) electrons. The van der Waals surface area contributed by atoms with Crippen LogP contribution in [0.3, 0.4) is 0 Å². The summed E-state index contributed by atoms with van der Waals surface area (Å²) in [5.74, 6) is -1.74. The predicted octanol–water partition coefficient (Wildman–Crippen LogP) is 2.54. The minimum absolute atomic E-state index is 0.00139. The molecule has 2 N–H and O–H groups in total. The Kier molecular flexibility index (Phi) is 9.12. The largest absolute Gasteiger partial charge is 0.390 e. The Hall–Kier alpha value is -3.00. The summed E-state index contributed by atoms with van der Waals surface area (Å²) < 4.78 is 79.8. The van der Waals surface area contributed by atoms with Crippen LogP contribution in [0.1, 0.15) is 64.0 Å². The van der Waals surface area contributed by atoms with Gasteiger partial charge in [-0.05, 0) is 77.8 Å². The second kappa shape index (κ2) is 12.1. The minimum Gasteiger partial charge on any atom is -0.352 e. The molecule has 0 amide bonds. The predicted molar refractivity (Wildman–Crippen MR) is 149 cm³/mol. The fourth-order valence-electron chi connectivity index (χ4n) is 5.30. The smallest absolute Gasteiger partial charge is 0.352 e. The maximum Gasteiger partial charge on any atom is 0.390 e. The van der Waals surface area contributed by atoms with Gasteiger partial charge in [0.25, 0.3) is 5.56 Å². The summed E-state index contributed by atoms with van der Waals surface area (Å²) in [6, 6.07) is 2.06. The van der Waals surface area contributed by atoms with Gasteiger partial charge in [0.1, 0.15) is 11.3 Å². The van der Waals surface area contributed by atoms with Crippen molar-refractivity contribution in [2.75, 3.05) is 19.8 Å². The number of alkyl halides is 3. The van der Waals surface area contributed by atoms with Crippen LogP contribution in [0.5, 0.6) is 0 Å². The first-order valence-corrected chi connectivity index (χ1v) is 15.3. The molecule has 4 rings (SSSR count). The maximum atomic E-state index is 14.9. The summed E-state index contributed by atoms with van der Waals surface area (Å²) in [4.78, 5) is 25.1. The van der Waals surface area contributed by atoms with E-state index in [9.17, 15) is 30.8 Å². The number of rotatable bonds is 7. The molecule has 2 aliphatic carbocycles. The number of allylic oxidation sites excluding steroid dienone is 3. The molecule has 9 nitrogen and oxygen atoms in total. The van der Waals surface area contributed by atoms with Crippen LogP contribution in [0.15, 0.2) is 44.5 Å². The number of sulfonamides is 1. The normalized spacial score (nSPS) is 22.9. The van der Waals surface area contributed by atoms with Crippen molar-refractivity contribution in [2.24, 2.45) is 9.98 Å². The average Bonchev–Trinajstić information content (AvgIpc) is 2.88. The third kappa shape index (κ3) is 7.64. The number of aliphatic imine (C=N–C) groups is 1. The zero-order chi connectivity index (χ0) is 30.1. The van der Waals surface area contributed by atoms with Gasteiger partial charge < -0.3 is 10.2 Å². The monoisotopic (exact) mass is 600 g/mol. The van der Waals surface area contributed by atoms with Gasteiger partial charge in [-0.3, -0.25) is 14.1 Å².